The van der Waals surface area contributed by atoms with Gasteiger partial charge in [-0.05, 0) is 36.8 Å². The maximum atomic E-state index is 13.2. The number of aryl methyl sites for hydroxylation is 2. The van der Waals surface area contributed by atoms with Crippen molar-refractivity contribution in [1.82, 2.24) is 14.5 Å². The molecule has 18 heavy (non-hydrogen) atoms. The molecule has 0 atom stereocenters. The fourth-order valence-corrected chi connectivity index (χ4v) is 2.10. The molecule has 0 fully saturated rings. The molecule has 0 radical (unpaired) electrons. The van der Waals surface area contributed by atoms with Gasteiger partial charge in [-0.1, -0.05) is 0 Å². The lowest BCUT2D eigenvalue weighted by Crippen LogP contribution is -1.93. The molecule has 1 aromatic carbocycles. The molecule has 2 heterocycles. The van der Waals surface area contributed by atoms with Gasteiger partial charge in [0.05, 0.1) is 11.0 Å². The van der Waals surface area contributed by atoms with Gasteiger partial charge in [0.1, 0.15) is 11.6 Å². The number of aromatic nitrogens is 3. The van der Waals surface area contributed by atoms with E-state index in [0.717, 1.165) is 28.0 Å². The molecule has 0 amide bonds. The van der Waals surface area contributed by atoms with E-state index < -0.39 is 0 Å². The molecule has 3 nitrogen and oxygen atoms in total. The summed E-state index contributed by atoms with van der Waals surface area (Å²) in [6, 6.07) is 6.63. The van der Waals surface area contributed by atoms with E-state index in [1.165, 1.54) is 12.1 Å². The Morgan fingerprint density at radius 2 is 2.00 bits per heavy atom. The number of hydrogen-bond acceptors (Lipinski definition) is 2. The van der Waals surface area contributed by atoms with Crippen LogP contribution >= 0.6 is 0 Å². The molecule has 0 unspecified atom stereocenters. The fourth-order valence-electron chi connectivity index (χ4n) is 2.10. The molecule has 90 valence electrons. The van der Waals surface area contributed by atoms with Gasteiger partial charge < -0.3 is 4.57 Å². The molecule has 0 saturated heterocycles. The Balaban J connectivity index is 2.27. The lowest BCUT2D eigenvalue weighted by Gasteiger charge is -2.02. The molecule has 2 aromatic heterocycles. The van der Waals surface area contributed by atoms with Crippen molar-refractivity contribution in [3.05, 3.63) is 48.0 Å². The molecule has 4 heteroatoms. The first-order valence-electron chi connectivity index (χ1n) is 5.69. The predicted octanol–water partition coefficient (Wildman–Crippen LogP) is 3.08. The van der Waals surface area contributed by atoms with E-state index in [1.807, 2.05) is 24.6 Å². The lowest BCUT2D eigenvalue weighted by atomic mass is 10.2. The van der Waals surface area contributed by atoms with Crippen LogP contribution < -0.4 is 0 Å². The number of fused-ring (bicyclic) bond motifs is 1. The van der Waals surface area contributed by atoms with E-state index >= 15 is 0 Å². The Hall–Kier alpha value is -2.23. The molecule has 0 aliphatic heterocycles. The highest BCUT2D eigenvalue weighted by Crippen LogP contribution is 2.24. The molecule has 0 spiro atoms. The van der Waals surface area contributed by atoms with Gasteiger partial charge in [-0.2, -0.15) is 0 Å². The Labute approximate surface area is 104 Å². The van der Waals surface area contributed by atoms with Crippen LogP contribution in [0.25, 0.3) is 22.4 Å². The summed E-state index contributed by atoms with van der Waals surface area (Å²) in [5.74, 6) is 0.547. The first kappa shape index (κ1) is 10.9. The minimum atomic E-state index is -0.251. The summed E-state index contributed by atoms with van der Waals surface area (Å²) in [5, 5.41) is 0. The monoisotopic (exact) mass is 241 g/mol. The molecular weight excluding hydrogens is 229 g/mol. The van der Waals surface area contributed by atoms with Gasteiger partial charge >= 0.3 is 0 Å². The summed E-state index contributed by atoms with van der Waals surface area (Å²) in [6.07, 6.45) is 3.57. The Bertz CT molecular complexity index is 731. The predicted molar refractivity (Wildman–Crippen MR) is 68.6 cm³/mol. The van der Waals surface area contributed by atoms with Crippen molar-refractivity contribution in [2.45, 2.75) is 6.92 Å². The van der Waals surface area contributed by atoms with Crippen molar-refractivity contribution in [2.75, 3.05) is 0 Å². The second-order valence-electron chi connectivity index (χ2n) is 4.38. The van der Waals surface area contributed by atoms with Crippen LogP contribution in [0, 0.1) is 12.7 Å². The highest BCUT2D eigenvalue weighted by atomic mass is 19.1. The molecule has 0 N–H and O–H groups in total. The third-order valence-corrected chi connectivity index (χ3v) is 2.98. The Morgan fingerprint density at radius 1 is 1.17 bits per heavy atom. The molecule has 0 bridgehead atoms. The first-order valence-corrected chi connectivity index (χ1v) is 5.69. The number of pyridine rings is 1. The summed E-state index contributed by atoms with van der Waals surface area (Å²) in [7, 11) is 1.88. The molecule has 0 saturated carbocycles. The van der Waals surface area contributed by atoms with E-state index in [-0.39, 0.29) is 5.82 Å². The zero-order valence-electron chi connectivity index (χ0n) is 10.2. The van der Waals surface area contributed by atoms with Crippen LogP contribution in [0.2, 0.25) is 0 Å². The summed E-state index contributed by atoms with van der Waals surface area (Å²) in [5.41, 5.74) is 3.58. The van der Waals surface area contributed by atoms with Crippen LogP contribution in [0.3, 0.4) is 0 Å². The van der Waals surface area contributed by atoms with E-state index in [0.29, 0.717) is 0 Å². The van der Waals surface area contributed by atoms with Gasteiger partial charge in [0.25, 0.3) is 0 Å². The average Bonchev–Trinajstić information content (AvgIpc) is 2.67. The maximum absolute atomic E-state index is 13.2. The van der Waals surface area contributed by atoms with Crippen molar-refractivity contribution < 1.29 is 4.39 Å². The maximum Gasteiger partial charge on any atom is 0.142 e. The van der Waals surface area contributed by atoms with Crippen molar-refractivity contribution in [3.63, 3.8) is 0 Å². The highest BCUT2D eigenvalue weighted by molar-refractivity contribution is 5.80. The topological polar surface area (TPSA) is 30.7 Å². The van der Waals surface area contributed by atoms with Crippen LogP contribution in [-0.2, 0) is 7.05 Å². The van der Waals surface area contributed by atoms with Crippen molar-refractivity contribution in [1.29, 1.82) is 0 Å². The van der Waals surface area contributed by atoms with Gasteiger partial charge in [0, 0.05) is 25.0 Å². The molecule has 0 aliphatic rings. The van der Waals surface area contributed by atoms with Gasteiger partial charge in [0.15, 0.2) is 0 Å². The minimum Gasteiger partial charge on any atom is -0.327 e. The van der Waals surface area contributed by atoms with Gasteiger partial charge in [0.2, 0.25) is 0 Å². The van der Waals surface area contributed by atoms with Crippen molar-refractivity contribution in [3.8, 4) is 11.4 Å². The van der Waals surface area contributed by atoms with Crippen LogP contribution in [0.4, 0.5) is 4.39 Å². The SMILES string of the molecule is Cc1cncc(-c2nc3ccc(F)cc3n2C)c1. The summed E-state index contributed by atoms with van der Waals surface area (Å²) in [4.78, 5) is 8.68. The third kappa shape index (κ3) is 1.66. The normalized spacial score (nSPS) is 11.1. The number of rotatable bonds is 1. The first-order chi connectivity index (χ1) is 8.65. The Kier molecular flexibility index (Phi) is 2.37. The lowest BCUT2D eigenvalue weighted by molar-refractivity contribution is 0.629. The zero-order chi connectivity index (χ0) is 12.7. The summed E-state index contributed by atoms with van der Waals surface area (Å²) in [6.45, 7) is 1.98. The van der Waals surface area contributed by atoms with E-state index in [2.05, 4.69) is 9.97 Å². The smallest absolute Gasteiger partial charge is 0.142 e. The van der Waals surface area contributed by atoms with Gasteiger partial charge in [-0.25, -0.2) is 9.37 Å². The van der Waals surface area contributed by atoms with Gasteiger partial charge in [-0.15, -0.1) is 0 Å². The number of imidazole rings is 1. The average molecular weight is 241 g/mol. The fraction of sp³-hybridized carbons (Fsp3) is 0.143. The number of halogens is 1. The van der Waals surface area contributed by atoms with E-state index in [9.17, 15) is 4.39 Å². The van der Waals surface area contributed by atoms with Crippen LogP contribution in [0.15, 0.2) is 36.7 Å². The second-order valence-corrected chi connectivity index (χ2v) is 4.38. The van der Waals surface area contributed by atoms with Crippen LogP contribution in [0.1, 0.15) is 5.56 Å². The molecular formula is C14H12FN3. The molecule has 0 aliphatic carbocycles. The highest BCUT2D eigenvalue weighted by Gasteiger charge is 2.10. The van der Waals surface area contributed by atoms with Gasteiger partial charge in [-0.3, -0.25) is 4.98 Å². The second kappa shape index (κ2) is 3.91. The van der Waals surface area contributed by atoms with Crippen molar-refractivity contribution >= 4 is 11.0 Å². The molecule has 3 rings (SSSR count). The van der Waals surface area contributed by atoms with E-state index in [4.69, 9.17) is 0 Å². The third-order valence-electron chi connectivity index (χ3n) is 2.98. The molecule has 3 aromatic rings. The van der Waals surface area contributed by atoms with E-state index in [1.54, 1.807) is 18.5 Å². The van der Waals surface area contributed by atoms with Crippen molar-refractivity contribution in [2.24, 2.45) is 7.05 Å². The Morgan fingerprint density at radius 3 is 2.78 bits per heavy atom. The quantitative estimate of drug-likeness (QED) is 0.655. The van der Waals surface area contributed by atoms with Crippen LogP contribution in [0.5, 0.6) is 0 Å². The summed E-state index contributed by atoms with van der Waals surface area (Å²) < 4.78 is 15.1. The number of hydrogen-bond donors (Lipinski definition) is 0. The standard InChI is InChI=1S/C14H12FN3/c1-9-5-10(8-16-7-9)14-17-12-4-3-11(15)6-13(12)18(14)2/h3-8H,1-2H3. The number of nitrogens with zero attached hydrogens (tertiary/aromatic N) is 3. The number of benzene rings is 1. The zero-order valence-corrected chi connectivity index (χ0v) is 10.2. The van der Waals surface area contributed by atoms with Crippen LogP contribution in [-0.4, -0.2) is 14.5 Å². The summed E-state index contributed by atoms with van der Waals surface area (Å²) >= 11 is 0. The largest absolute Gasteiger partial charge is 0.327 e. The minimum absolute atomic E-state index is 0.251.